The molecule has 1 aliphatic rings. The van der Waals surface area contributed by atoms with Gasteiger partial charge in [0.2, 0.25) is 5.95 Å². The first-order valence-corrected chi connectivity index (χ1v) is 8.40. The average molecular weight is 314 g/mol. The van der Waals surface area contributed by atoms with Crippen molar-refractivity contribution >= 4 is 16.9 Å². The Labute approximate surface area is 137 Å². The number of rotatable bonds is 2. The number of fused-ring (bicyclic) bond motifs is 1. The standard InChI is InChI=1S/C18H26N4O/c1-11-5-7-22(8-6-11)18-20-16-14(13(3)19)9-12(2)10-15(16)17(23)21(18)4/h9-11,13H,5-8,19H2,1-4H3. The highest BCUT2D eigenvalue weighted by atomic mass is 16.1. The van der Waals surface area contributed by atoms with E-state index in [-0.39, 0.29) is 11.6 Å². The first kappa shape index (κ1) is 16.0. The third-order valence-corrected chi connectivity index (χ3v) is 4.89. The molecule has 2 heterocycles. The van der Waals surface area contributed by atoms with Gasteiger partial charge in [0, 0.05) is 26.2 Å². The fourth-order valence-electron chi connectivity index (χ4n) is 3.38. The molecule has 23 heavy (non-hydrogen) atoms. The van der Waals surface area contributed by atoms with Crippen molar-refractivity contribution in [2.75, 3.05) is 18.0 Å². The van der Waals surface area contributed by atoms with E-state index in [1.54, 1.807) is 4.57 Å². The second-order valence-corrected chi connectivity index (χ2v) is 6.98. The predicted molar refractivity (Wildman–Crippen MR) is 94.9 cm³/mol. The molecule has 2 N–H and O–H groups in total. The monoisotopic (exact) mass is 314 g/mol. The van der Waals surface area contributed by atoms with E-state index < -0.39 is 0 Å². The molecule has 1 aromatic heterocycles. The highest BCUT2D eigenvalue weighted by molar-refractivity contribution is 5.83. The molecule has 5 heteroatoms. The topological polar surface area (TPSA) is 64.2 Å². The van der Waals surface area contributed by atoms with Crippen molar-refractivity contribution < 1.29 is 0 Å². The van der Waals surface area contributed by atoms with Crippen LogP contribution in [0.5, 0.6) is 0 Å². The molecule has 1 unspecified atom stereocenters. The average Bonchev–Trinajstić information content (AvgIpc) is 2.51. The van der Waals surface area contributed by atoms with Crippen LogP contribution in [0.15, 0.2) is 16.9 Å². The maximum absolute atomic E-state index is 12.8. The van der Waals surface area contributed by atoms with Gasteiger partial charge < -0.3 is 10.6 Å². The molecule has 2 aromatic rings. The van der Waals surface area contributed by atoms with Crippen molar-refractivity contribution in [1.29, 1.82) is 0 Å². The van der Waals surface area contributed by atoms with Gasteiger partial charge in [-0.25, -0.2) is 4.98 Å². The molecule has 1 saturated heterocycles. The van der Waals surface area contributed by atoms with Crippen molar-refractivity contribution in [3.05, 3.63) is 33.6 Å². The van der Waals surface area contributed by atoms with Crippen LogP contribution in [0.2, 0.25) is 0 Å². The van der Waals surface area contributed by atoms with Crippen molar-refractivity contribution in [3.8, 4) is 0 Å². The lowest BCUT2D eigenvalue weighted by molar-refractivity contribution is 0.431. The first-order valence-electron chi connectivity index (χ1n) is 8.40. The van der Waals surface area contributed by atoms with Crippen LogP contribution in [-0.4, -0.2) is 22.6 Å². The van der Waals surface area contributed by atoms with E-state index in [0.29, 0.717) is 5.39 Å². The van der Waals surface area contributed by atoms with Gasteiger partial charge in [0.1, 0.15) is 0 Å². The Hall–Kier alpha value is -1.88. The normalized spacial score (nSPS) is 17.7. The van der Waals surface area contributed by atoms with Gasteiger partial charge in [-0.05, 0) is 49.8 Å². The molecule has 1 aromatic carbocycles. The van der Waals surface area contributed by atoms with E-state index in [4.69, 9.17) is 10.7 Å². The zero-order valence-electron chi connectivity index (χ0n) is 14.5. The summed E-state index contributed by atoms with van der Waals surface area (Å²) in [5, 5.41) is 0.661. The summed E-state index contributed by atoms with van der Waals surface area (Å²) in [6, 6.07) is 3.81. The van der Waals surface area contributed by atoms with Crippen molar-refractivity contribution in [1.82, 2.24) is 9.55 Å². The number of piperidine rings is 1. The Morgan fingerprint density at radius 1 is 1.30 bits per heavy atom. The molecule has 1 atom stereocenters. The highest BCUT2D eigenvalue weighted by Gasteiger charge is 2.21. The van der Waals surface area contributed by atoms with Gasteiger partial charge in [0.05, 0.1) is 10.9 Å². The van der Waals surface area contributed by atoms with Crippen LogP contribution in [0.1, 0.15) is 43.9 Å². The minimum Gasteiger partial charge on any atom is -0.342 e. The van der Waals surface area contributed by atoms with Gasteiger partial charge in [-0.2, -0.15) is 0 Å². The molecular weight excluding hydrogens is 288 g/mol. The van der Waals surface area contributed by atoms with Crippen molar-refractivity contribution in [3.63, 3.8) is 0 Å². The molecule has 0 radical (unpaired) electrons. The van der Waals surface area contributed by atoms with Gasteiger partial charge >= 0.3 is 0 Å². The lowest BCUT2D eigenvalue weighted by Gasteiger charge is -2.32. The largest absolute Gasteiger partial charge is 0.342 e. The number of benzene rings is 1. The second kappa shape index (κ2) is 5.96. The van der Waals surface area contributed by atoms with Crippen LogP contribution < -0.4 is 16.2 Å². The summed E-state index contributed by atoms with van der Waals surface area (Å²) in [5.41, 5.74) is 8.87. The SMILES string of the molecule is Cc1cc(C(C)N)c2nc(N3CCC(C)CC3)n(C)c(=O)c2c1. The number of hydrogen-bond acceptors (Lipinski definition) is 4. The lowest BCUT2D eigenvalue weighted by atomic mass is 9.99. The summed E-state index contributed by atoms with van der Waals surface area (Å²) in [6.07, 6.45) is 2.28. The molecule has 3 rings (SSSR count). The van der Waals surface area contributed by atoms with E-state index in [1.807, 2.05) is 33.0 Å². The molecule has 1 fully saturated rings. The van der Waals surface area contributed by atoms with Crippen LogP contribution in [-0.2, 0) is 7.05 Å². The summed E-state index contributed by atoms with van der Waals surface area (Å²) in [5.74, 6) is 1.51. The summed E-state index contributed by atoms with van der Waals surface area (Å²) in [4.78, 5) is 19.9. The Kier molecular flexibility index (Phi) is 4.15. The quantitative estimate of drug-likeness (QED) is 0.925. The summed E-state index contributed by atoms with van der Waals surface area (Å²) >= 11 is 0. The van der Waals surface area contributed by atoms with Gasteiger partial charge in [-0.1, -0.05) is 13.0 Å². The Balaban J connectivity index is 2.21. The third kappa shape index (κ3) is 2.85. The zero-order valence-corrected chi connectivity index (χ0v) is 14.5. The Morgan fingerprint density at radius 3 is 2.57 bits per heavy atom. The van der Waals surface area contributed by atoms with Gasteiger partial charge in [0.25, 0.3) is 5.56 Å². The van der Waals surface area contributed by atoms with Crippen LogP contribution in [0.4, 0.5) is 5.95 Å². The molecule has 1 aliphatic heterocycles. The van der Waals surface area contributed by atoms with Gasteiger partial charge in [-0.3, -0.25) is 9.36 Å². The summed E-state index contributed by atoms with van der Waals surface area (Å²) < 4.78 is 1.68. The fraction of sp³-hybridized carbons (Fsp3) is 0.556. The van der Waals surface area contributed by atoms with E-state index in [1.165, 1.54) is 0 Å². The first-order chi connectivity index (χ1) is 10.9. The number of aryl methyl sites for hydroxylation is 1. The fourth-order valence-corrected chi connectivity index (χ4v) is 3.38. The Morgan fingerprint density at radius 2 is 1.96 bits per heavy atom. The van der Waals surface area contributed by atoms with Gasteiger partial charge in [-0.15, -0.1) is 0 Å². The number of anilines is 1. The molecular formula is C18H26N4O. The highest BCUT2D eigenvalue weighted by Crippen LogP contribution is 2.26. The third-order valence-electron chi connectivity index (χ3n) is 4.89. The van der Waals surface area contributed by atoms with E-state index >= 15 is 0 Å². The number of aromatic nitrogens is 2. The van der Waals surface area contributed by atoms with Crippen molar-refractivity contribution in [2.45, 2.75) is 39.7 Å². The molecule has 5 nitrogen and oxygen atoms in total. The maximum Gasteiger partial charge on any atom is 0.262 e. The molecule has 124 valence electrons. The predicted octanol–water partition coefficient (Wildman–Crippen LogP) is 2.50. The number of hydrogen-bond donors (Lipinski definition) is 1. The van der Waals surface area contributed by atoms with Crippen LogP contribution in [0.3, 0.4) is 0 Å². The smallest absolute Gasteiger partial charge is 0.262 e. The van der Waals surface area contributed by atoms with Crippen LogP contribution in [0.25, 0.3) is 10.9 Å². The van der Waals surface area contributed by atoms with Gasteiger partial charge in [0.15, 0.2) is 0 Å². The van der Waals surface area contributed by atoms with Crippen LogP contribution in [0, 0.1) is 12.8 Å². The summed E-state index contributed by atoms with van der Waals surface area (Å²) in [6.45, 7) is 8.11. The van der Waals surface area contributed by atoms with E-state index in [9.17, 15) is 4.79 Å². The molecule has 0 bridgehead atoms. The lowest BCUT2D eigenvalue weighted by Crippen LogP contribution is -2.37. The number of nitrogens with two attached hydrogens (primary N) is 1. The zero-order chi connectivity index (χ0) is 16.7. The minimum atomic E-state index is -0.147. The Bertz CT molecular complexity index is 786. The molecule has 0 amide bonds. The van der Waals surface area contributed by atoms with Crippen LogP contribution >= 0.6 is 0 Å². The van der Waals surface area contributed by atoms with E-state index in [0.717, 1.165) is 54.4 Å². The van der Waals surface area contributed by atoms with E-state index in [2.05, 4.69) is 11.8 Å². The summed E-state index contributed by atoms with van der Waals surface area (Å²) in [7, 11) is 1.82. The second-order valence-electron chi connectivity index (χ2n) is 6.98. The molecule has 0 spiro atoms. The molecule has 0 aliphatic carbocycles. The molecule has 0 saturated carbocycles. The minimum absolute atomic E-state index is 0.00854. The maximum atomic E-state index is 12.8. The number of nitrogens with zero attached hydrogens (tertiary/aromatic N) is 3. The van der Waals surface area contributed by atoms with Crippen molar-refractivity contribution in [2.24, 2.45) is 18.7 Å².